The Morgan fingerprint density at radius 2 is 2.08 bits per heavy atom. The van der Waals surface area contributed by atoms with E-state index in [0.29, 0.717) is 17.9 Å². The molecule has 0 saturated carbocycles. The van der Waals surface area contributed by atoms with E-state index in [1.165, 1.54) is 10.9 Å². The van der Waals surface area contributed by atoms with Gasteiger partial charge >= 0.3 is 0 Å². The van der Waals surface area contributed by atoms with Gasteiger partial charge in [0.2, 0.25) is 5.95 Å². The summed E-state index contributed by atoms with van der Waals surface area (Å²) in [6.07, 6.45) is 2.19. The maximum Gasteiger partial charge on any atom is 0.253 e. The van der Waals surface area contributed by atoms with Crippen molar-refractivity contribution in [3.8, 4) is 16.9 Å². The number of benzene rings is 1. The topological polar surface area (TPSA) is 63.9 Å². The van der Waals surface area contributed by atoms with Crippen molar-refractivity contribution in [1.82, 2.24) is 24.9 Å². The summed E-state index contributed by atoms with van der Waals surface area (Å²) in [5.41, 5.74) is 4.23. The highest BCUT2D eigenvalue weighted by atomic mass is 19.1. The number of carbonyl (C=O) groups is 1. The van der Waals surface area contributed by atoms with Crippen molar-refractivity contribution < 1.29 is 9.18 Å². The second kappa shape index (κ2) is 5.77. The molecular weight excluding hydrogens is 321 g/mol. The van der Waals surface area contributed by atoms with E-state index < -0.39 is 5.95 Å². The maximum atomic E-state index is 13.9. The summed E-state index contributed by atoms with van der Waals surface area (Å²) < 4.78 is 15.4. The van der Waals surface area contributed by atoms with E-state index in [1.54, 1.807) is 24.1 Å². The molecule has 3 aromatic rings. The summed E-state index contributed by atoms with van der Waals surface area (Å²) in [5.74, 6) is -0.563. The quantitative estimate of drug-likeness (QED) is 0.674. The molecule has 1 aliphatic heterocycles. The van der Waals surface area contributed by atoms with Gasteiger partial charge in [0.1, 0.15) is 11.4 Å². The molecule has 0 aliphatic carbocycles. The standard InChI is InChI=1S/C18H16FN5O/c1-11-16(21-22-24(11)15-4-3-8-20-17(15)19)13-5-6-14-12(10-13)7-9-23(2)18(14)25/h3-6,8,10H,7,9H2,1-2H3. The van der Waals surface area contributed by atoms with Crippen LogP contribution < -0.4 is 0 Å². The highest BCUT2D eigenvalue weighted by molar-refractivity contribution is 5.97. The van der Waals surface area contributed by atoms with Gasteiger partial charge in [-0.15, -0.1) is 5.10 Å². The van der Waals surface area contributed by atoms with E-state index in [4.69, 9.17) is 0 Å². The summed E-state index contributed by atoms with van der Waals surface area (Å²) in [6.45, 7) is 2.53. The monoisotopic (exact) mass is 337 g/mol. The number of aromatic nitrogens is 4. The largest absolute Gasteiger partial charge is 0.341 e. The van der Waals surface area contributed by atoms with Crippen LogP contribution in [0.2, 0.25) is 0 Å². The van der Waals surface area contributed by atoms with E-state index >= 15 is 0 Å². The molecule has 0 fully saturated rings. The smallest absolute Gasteiger partial charge is 0.253 e. The second-order valence-electron chi connectivity index (χ2n) is 6.10. The first kappa shape index (κ1) is 15.4. The number of halogens is 1. The van der Waals surface area contributed by atoms with Crippen LogP contribution >= 0.6 is 0 Å². The number of rotatable bonds is 2. The molecule has 0 N–H and O–H groups in total. The van der Waals surface area contributed by atoms with Gasteiger partial charge in [-0.2, -0.15) is 4.39 Å². The van der Waals surface area contributed by atoms with Gasteiger partial charge in [0.05, 0.1) is 5.69 Å². The molecule has 0 saturated heterocycles. The summed E-state index contributed by atoms with van der Waals surface area (Å²) in [7, 11) is 1.80. The molecule has 3 heterocycles. The minimum atomic E-state index is -0.596. The number of hydrogen-bond acceptors (Lipinski definition) is 4. The zero-order valence-electron chi connectivity index (χ0n) is 13.9. The molecular formula is C18H16FN5O. The van der Waals surface area contributed by atoms with Crippen LogP contribution in [0.1, 0.15) is 21.6 Å². The molecule has 7 heteroatoms. The fourth-order valence-electron chi connectivity index (χ4n) is 3.11. The minimum Gasteiger partial charge on any atom is -0.341 e. The molecule has 4 rings (SSSR count). The van der Waals surface area contributed by atoms with Crippen LogP contribution in [-0.2, 0) is 6.42 Å². The van der Waals surface area contributed by atoms with Crippen LogP contribution in [0.25, 0.3) is 16.9 Å². The van der Waals surface area contributed by atoms with E-state index in [1.807, 2.05) is 25.1 Å². The number of amides is 1. The first-order valence-corrected chi connectivity index (χ1v) is 7.98. The van der Waals surface area contributed by atoms with Crippen LogP contribution in [0.15, 0.2) is 36.5 Å². The third-order valence-electron chi connectivity index (χ3n) is 4.53. The van der Waals surface area contributed by atoms with Crippen LogP contribution in [0.5, 0.6) is 0 Å². The average Bonchev–Trinajstić information content (AvgIpc) is 3.00. The van der Waals surface area contributed by atoms with Gasteiger partial charge < -0.3 is 4.90 Å². The van der Waals surface area contributed by atoms with E-state index in [-0.39, 0.29) is 11.6 Å². The highest BCUT2D eigenvalue weighted by Gasteiger charge is 2.23. The van der Waals surface area contributed by atoms with E-state index in [2.05, 4.69) is 15.3 Å². The Kier molecular flexibility index (Phi) is 3.56. The maximum absolute atomic E-state index is 13.9. The van der Waals surface area contributed by atoms with Crippen LogP contribution in [0.3, 0.4) is 0 Å². The lowest BCUT2D eigenvalue weighted by Crippen LogP contribution is -2.34. The lowest BCUT2D eigenvalue weighted by Gasteiger charge is -2.25. The number of likely N-dealkylation sites (N-methyl/N-ethyl adjacent to an activating group) is 1. The third-order valence-corrected chi connectivity index (χ3v) is 4.53. The predicted molar refractivity (Wildman–Crippen MR) is 89.9 cm³/mol. The molecule has 2 aromatic heterocycles. The van der Waals surface area contributed by atoms with Crippen molar-refractivity contribution in [2.75, 3.05) is 13.6 Å². The molecule has 6 nitrogen and oxygen atoms in total. The van der Waals surface area contributed by atoms with Crippen molar-refractivity contribution >= 4 is 5.91 Å². The molecule has 126 valence electrons. The molecule has 1 amide bonds. The molecule has 0 atom stereocenters. The summed E-state index contributed by atoms with van der Waals surface area (Å²) in [5, 5.41) is 8.28. The van der Waals surface area contributed by atoms with Gasteiger partial charge in [0.15, 0.2) is 0 Å². The first-order valence-electron chi connectivity index (χ1n) is 7.98. The average molecular weight is 337 g/mol. The van der Waals surface area contributed by atoms with E-state index in [0.717, 1.165) is 23.1 Å². The van der Waals surface area contributed by atoms with Crippen molar-refractivity contribution in [1.29, 1.82) is 0 Å². The molecule has 0 spiro atoms. The van der Waals surface area contributed by atoms with Crippen LogP contribution in [0.4, 0.5) is 4.39 Å². The Labute approximate surface area is 143 Å². The Morgan fingerprint density at radius 1 is 1.24 bits per heavy atom. The second-order valence-corrected chi connectivity index (χ2v) is 6.10. The summed E-state index contributed by atoms with van der Waals surface area (Å²) in [4.78, 5) is 17.6. The van der Waals surface area contributed by atoms with Crippen LogP contribution in [0, 0.1) is 12.9 Å². The minimum absolute atomic E-state index is 0.0330. The van der Waals surface area contributed by atoms with Gasteiger partial charge in [-0.05, 0) is 43.2 Å². The van der Waals surface area contributed by atoms with Gasteiger partial charge in [0, 0.05) is 30.9 Å². The third kappa shape index (κ3) is 2.48. The Hall–Kier alpha value is -3.09. The van der Waals surface area contributed by atoms with Crippen molar-refractivity contribution in [2.24, 2.45) is 0 Å². The summed E-state index contributed by atoms with van der Waals surface area (Å²) in [6, 6.07) is 8.92. The van der Waals surface area contributed by atoms with Gasteiger partial charge in [-0.1, -0.05) is 11.3 Å². The predicted octanol–water partition coefficient (Wildman–Crippen LogP) is 2.40. The zero-order chi connectivity index (χ0) is 17.6. The highest BCUT2D eigenvalue weighted by Crippen LogP contribution is 2.27. The van der Waals surface area contributed by atoms with Crippen molar-refractivity contribution in [3.05, 3.63) is 59.3 Å². The molecule has 0 bridgehead atoms. The van der Waals surface area contributed by atoms with Crippen molar-refractivity contribution in [2.45, 2.75) is 13.3 Å². The normalized spacial score (nSPS) is 13.9. The Morgan fingerprint density at radius 3 is 2.88 bits per heavy atom. The Bertz CT molecular complexity index is 981. The lowest BCUT2D eigenvalue weighted by atomic mass is 9.95. The van der Waals surface area contributed by atoms with Crippen molar-refractivity contribution in [3.63, 3.8) is 0 Å². The first-order chi connectivity index (χ1) is 12.1. The Balaban J connectivity index is 1.77. The number of nitrogens with zero attached hydrogens (tertiary/aromatic N) is 5. The fraction of sp³-hybridized carbons (Fsp3) is 0.222. The molecule has 0 unspecified atom stereocenters. The summed E-state index contributed by atoms with van der Waals surface area (Å²) >= 11 is 0. The zero-order valence-corrected chi connectivity index (χ0v) is 13.9. The van der Waals surface area contributed by atoms with Gasteiger partial charge in [-0.25, -0.2) is 9.67 Å². The number of carbonyl (C=O) groups excluding carboxylic acids is 1. The number of pyridine rings is 1. The lowest BCUT2D eigenvalue weighted by molar-refractivity contribution is 0.0781. The van der Waals surface area contributed by atoms with Crippen LogP contribution in [-0.4, -0.2) is 44.4 Å². The molecule has 25 heavy (non-hydrogen) atoms. The van der Waals surface area contributed by atoms with Gasteiger partial charge in [-0.3, -0.25) is 4.79 Å². The fourth-order valence-corrected chi connectivity index (χ4v) is 3.11. The number of hydrogen-bond donors (Lipinski definition) is 0. The molecule has 1 aliphatic rings. The molecule has 0 radical (unpaired) electrons. The SMILES string of the molecule is Cc1c(-c2ccc3c(c2)CCN(C)C3=O)nnn1-c1cccnc1F. The van der Waals surface area contributed by atoms with Gasteiger partial charge in [0.25, 0.3) is 5.91 Å². The number of fused-ring (bicyclic) bond motifs is 1. The molecule has 1 aromatic carbocycles. The van der Waals surface area contributed by atoms with E-state index in [9.17, 15) is 9.18 Å².